The fourth-order valence-corrected chi connectivity index (χ4v) is 0.893. The van der Waals surface area contributed by atoms with E-state index in [1.54, 1.807) is 0 Å². The summed E-state index contributed by atoms with van der Waals surface area (Å²) in [6.07, 6.45) is 3.06. The number of hydrogen-bond donors (Lipinski definition) is 2. The Morgan fingerprint density at radius 1 is 1.45 bits per heavy atom. The number of aromatic amines is 2. The molecule has 0 unspecified atom stereocenters. The smallest absolute Gasteiger partial charge is 0.314 e. The summed E-state index contributed by atoms with van der Waals surface area (Å²) < 4.78 is 0. The first kappa shape index (κ1) is 7.78. The quantitative estimate of drug-likeness (QED) is 0.630. The molecule has 4 heteroatoms. The highest BCUT2D eigenvalue weighted by Crippen LogP contribution is 1.89. The molecule has 60 valence electrons. The van der Waals surface area contributed by atoms with Gasteiger partial charge in [0, 0.05) is 11.8 Å². The fraction of sp³-hybridized carbons (Fsp3) is 0.429. The van der Waals surface area contributed by atoms with E-state index in [-0.39, 0.29) is 5.56 Å². The van der Waals surface area contributed by atoms with Crippen LogP contribution in [0.15, 0.2) is 15.8 Å². The standard InChI is InChI=1S/C7H10N2O2/c1-2-3-5-4-8-7(11)9-6(5)10/h4H,2-3H2,1H3,(H2,8,9,10,11). The molecule has 0 saturated heterocycles. The first-order chi connectivity index (χ1) is 5.24. The Labute approximate surface area is 63.3 Å². The van der Waals surface area contributed by atoms with Crippen molar-refractivity contribution in [3.8, 4) is 0 Å². The normalized spacial score (nSPS) is 9.91. The average molecular weight is 154 g/mol. The maximum absolute atomic E-state index is 11.0. The average Bonchev–Trinajstić information content (AvgIpc) is 1.95. The van der Waals surface area contributed by atoms with Crippen molar-refractivity contribution >= 4 is 0 Å². The third kappa shape index (κ3) is 1.80. The zero-order valence-corrected chi connectivity index (χ0v) is 6.31. The van der Waals surface area contributed by atoms with Crippen LogP contribution in [0.4, 0.5) is 0 Å². The molecular weight excluding hydrogens is 144 g/mol. The van der Waals surface area contributed by atoms with Gasteiger partial charge in [0.05, 0.1) is 0 Å². The lowest BCUT2D eigenvalue weighted by Crippen LogP contribution is -2.24. The largest absolute Gasteiger partial charge is 0.325 e. The van der Waals surface area contributed by atoms with Crippen LogP contribution in [-0.2, 0) is 6.42 Å². The lowest BCUT2D eigenvalue weighted by molar-refractivity contribution is 0.872. The molecule has 2 N–H and O–H groups in total. The Bertz CT molecular complexity index is 337. The van der Waals surface area contributed by atoms with Gasteiger partial charge in [-0.1, -0.05) is 13.3 Å². The first-order valence-corrected chi connectivity index (χ1v) is 3.55. The zero-order chi connectivity index (χ0) is 8.27. The van der Waals surface area contributed by atoms with Crippen molar-refractivity contribution in [3.05, 3.63) is 32.6 Å². The molecule has 0 atom stereocenters. The van der Waals surface area contributed by atoms with E-state index in [0.717, 1.165) is 6.42 Å². The van der Waals surface area contributed by atoms with Crippen molar-refractivity contribution in [1.29, 1.82) is 0 Å². The summed E-state index contributed by atoms with van der Waals surface area (Å²) in [5, 5.41) is 0. The molecule has 1 aromatic heterocycles. The monoisotopic (exact) mass is 154 g/mol. The Morgan fingerprint density at radius 2 is 2.18 bits per heavy atom. The van der Waals surface area contributed by atoms with E-state index >= 15 is 0 Å². The van der Waals surface area contributed by atoms with Gasteiger partial charge in [-0.3, -0.25) is 9.78 Å². The molecule has 0 aliphatic rings. The van der Waals surface area contributed by atoms with E-state index in [0.29, 0.717) is 12.0 Å². The van der Waals surface area contributed by atoms with Gasteiger partial charge in [-0.05, 0) is 6.42 Å². The molecule has 1 heterocycles. The number of hydrogen-bond acceptors (Lipinski definition) is 2. The van der Waals surface area contributed by atoms with Gasteiger partial charge in [0.25, 0.3) is 5.56 Å². The van der Waals surface area contributed by atoms with Crippen molar-refractivity contribution in [2.24, 2.45) is 0 Å². The summed E-state index contributed by atoms with van der Waals surface area (Å²) in [6.45, 7) is 1.98. The SMILES string of the molecule is CCCc1c[nH]c(=O)[nH]c1=O. The van der Waals surface area contributed by atoms with Crippen LogP contribution in [0.5, 0.6) is 0 Å². The summed E-state index contributed by atoms with van der Waals surface area (Å²) >= 11 is 0. The van der Waals surface area contributed by atoms with Gasteiger partial charge in [-0.2, -0.15) is 0 Å². The second kappa shape index (κ2) is 3.18. The van der Waals surface area contributed by atoms with Gasteiger partial charge >= 0.3 is 5.69 Å². The van der Waals surface area contributed by atoms with Gasteiger partial charge in [0.2, 0.25) is 0 Å². The molecule has 0 amide bonds. The third-order valence-corrected chi connectivity index (χ3v) is 1.42. The molecule has 0 aromatic carbocycles. The van der Waals surface area contributed by atoms with Crippen molar-refractivity contribution < 1.29 is 0 Å². The maximum atomic E-state index is 11.0. The molecule has 11 heavy (non-hydrogen) atoms. The zero-order valence-electron chi connectivity index (χ0n) is 6.31. The number of aromatic nitrogens is 2. The summed E-state index contributed by atoms with van der Waals surface area (Å²) in [6, 6.07) is 0. The summed E-state index contributed by atoms with van der Waals surface area (Å²) in [5.41, 5.74) is -0.0995. The van der Waals surface area contributed by atoms with E-state index in [4.69, 9.17) is 0 Å². The van der Waals surface area contributed by atoms with Gasteiger partial charge in [0.15, 0.2) is 0 Å². The van der Waals surface area contributed by atoms with E-state index in [9.17, 15) is 9.59 Å². The first-order valence-electron chi connectivity index (χ1n) is 3.55. The highest BCUT2D eigenvalue weighted by Gasteiger charge is 1.96. The minimum atomic E-state index is -0.449. The van der Waals surface area contributed by atoms with Crippen molar-refractivity contribution in [3.63, 3.8) is 0 Å². The Morgan fingerprint density at radius 3 is 2.73 bits per heavy atom. The fourth-order valence-electron chi connectivity index (χ4n) is 0.893. The Balaban J connectivity index is 3.10. The maximum Gasteiger partial charge on any atom is 0.325 e. The minimum absolute atomic E-state index is 0.282. The highest BCUT2D eigenvalue weighted by atomic mass is 16.2. The van der Waals surface area contributed by atoms with E-state index in [2.05, 4.69) is 9.97 Å². The van der Waals surface area contributed by atoms with Crippen LogP contribution in [0, 0.1) is 0 Å². The number of rotatable bonds is 2. The molecule has 0 spiro atoms. The van der Waals surface area contributed by atoms with Crippen LogP contribution in [0.2, 0.25) is 0 Å². The third-order valence-electron chi connectivity index (χ3n) is 1.42. The molecule has 0 aliphatic heterocycles. The van der Waals surface area contributed by atoms with Crippen LogP contribution in [-0.4, -0.2) is 9.97 Å². The Hall–Kier alpha value is -1.32. The number of aryl methyl sites for hydroxylation is 1. The van der Waals surface area contributed by atoms with Crippen molar-refractivity contribution in [1.82, 2.24) is 9.97 Å². The van der Waals surface area contributed by atoms with Crippen LogP contribution in [0.25, 0.3) is 0 Å². The van der Waals surface area contributed by atoms with E-state index in [1.165, 1.54) is 6.20 Å². The topological polar surface area (TPSA) is 65.7 Å². The molecule has 0 bridgehead atoms. The van der Waals surface area contributed by atoms with Crippen LogP contribution in [0.1, 0.15) is 18.9 Å². The lowest BCUT2D eigenvalue weighted by atomic mass is 10.2. The van der Waals surface area contributed by atoms with E-state index < -0.39 is 5.69 Å². The second-order valence-corrected chi connectivity index (χ2v) is 2.35. The predicted molar refractivity (Wildman–Crippen MR) is 41.7 cm³/mol. The number of H-pyrrole nitrogens is 2. The molecule has 0 radical (unpaired) electrons. The predicted octanol–water partition coefficient (Wildman–Crippen LogP) is 0.0157. The molecule has 0 saturated carbocycles. The Kier molecular flexibility index (Phi) is 2.25. The second-order valence-electron chi connectivity index (χ2n) is 2.35. The van der Waals surface area contributed by atoms with Crippen LogP contribution < -0.4 is 11.2 Å². The summed E-state index contributed by atoms with van der Waals surface area (Å²) in [7, 11) is 0. The van der Waals surface area contributed by atoms with E-state index in [1.807, 2.05) is 6.92 Å². The highest BCUT2D eigenvalue weighted by molar-refractivity contribution is 5.02. The molecular formula is C7H10N2O2. The molecule has 0 aliphatic carbocycles. The molecule has 1 aromatic rings. The van der Waals surface area contributed by atoms with Crippen molar-refractivity contribution in [2.75, 3.05) is 0 Å². The lowest BCUT2D eigenvalue weighted by Gasteiger charge is -1.93. The summed E-state index contributed by atoms with van der Waals surface area (Å²) in [4.78, 5) is 26.1. The van der Waals surface area contributed by atoms with Gasteiger partial charge in [0.1, 0.15) is 0 Å². The van der Waals surface area contributed by atoms with Gasteiger partial charge in [-0.15, -0.1) is 0 Å². The molecule has 0 fully saturated rings. The van der Waals surface area contributed by atoms with Gasteiger partial charge in [-0.25, -0.2) is 4.79 Å². The van der Waals surface area contributed by atoms with Gasteiger partial charge < -0.3 is 4.98 Å². The molecule has 1 rings (SSSR count). The van der Waals surface area contributed by atoms with Crippen LogP contribution in [0.3, 0.4) is 0 Å². The minimum Gasteiger partial charge on any atom is -0.314 e. The molecule has 4 nitrogen and oxygen atoms in total. The summed E-state index contributed by atoms with van der Waals surface area (Å²) in [5.74, 6) is 0. The van der Waals surface area contributed by atoms with Crippen LogP contribution >= 0.6 is 0 Å². The van der Waals surface area contributed by atoms with Crippen molar-refractivity contribution in [2.45, 2.75) is 19.8 Å². The number of nitrogens with one attached hydrogen (secondary N) is 2.